The molecule has 3 amide bonds. The molecule has 0 saturated carbocycles. The third kappa shape index (κ3) is 4.05. The molecule has 1 atom stereocenters. The lowest BCUT2D eigenvalue weighted by Gasteiger charge is -2.48. The lowest BCUT2D eigenvalue weighted by Crippen LogP contribution is -2.62. The number of carbonyl (C=O) groups is 3. The molecule has 2 aromatic rings. The van der Waals surface area contributed by atoms with Gasteiger partial charge in [0.25, 0.3) is 11.8 Å². The molecule has 0 saturated heterocycles. The highest BCUT2D eigenvalue weighted by Crippen LogP contribution is 2.49. The first-order valence-corrected chi connectivity index (χ1v) is 12.9. The van der Waals surface area contributed by atoms with Gasteiger partial charge < -0.3 is 14.8 Å². The molecule has 0 aliphatic carbocycles. The van der Waals surface area contributed by atoms with E-state index in [-0.39, 0.29) is 16.8 Å². The molecule has 10 heteroatoms. The van der Waals surface area contributed by atoms with E-state index < -0.39 is 37.8 Å². The van der Waals surface area contributed by atoms with Crippen molar-refractivity contribution in [1.29, 1.82) is 0 Å². The van der Waals surface area contributed by atoms with Gasteiger partial charge in [-0.05, 0) is 57.5 Å². The number of nitrogens with zero attached hydrogens (tertiary/aromatic N) is 1. The molecule has 2 aromatic carbocycles. The number of imide groups is 1. The van der Waals surface area contributed by atoms with Crippen LogP contribution in [-0.2, 0) is 20.2 Å². The van der Waals surface area contributed by atoms with Gasteiger partial charge in [0.2, 0.25) is 5.91 Å². The Balaban J connectivity index is 2.34. The summed E-state index contributed by atoms with van der Waals surface area (Å²) in [6, 6.07) is 9.37. The number of methoxy groups -OCH3 is 1. The number of hydrogen-bond acceptors (Lipinski definition) is 7. The number of ether oxygens (including phenoxy) is 2. The van der Waals surface area contributed by atoms with E-state index in [1.165, 1.54) is 40.0 Å². The van der Waals surface area contributed by atoms with Crippen molar-refractivity contribution in [3.8, 4) is 11.5 Å². The van der Waals surface area contributed by atoms with Crippen LogP contribution in [0.2, 0.25) is 0 Å². The second kappa shape index (κ2) is 8.99. The number of amides is 3. The number of carbonyl (C=O) groups excluding carboxylic acids is 3. The average molecular weight is 503 g/mol. The minimum absolute atomic E-state index is 0.0155. The third-order valence-corrected chi connectivity index (χ3v) is 9.05. The van der Waals surface area contributed by atoms with Crippen molar-refractivity contribution in [3.63, 3.8) is 0 Å². The van der Waals surface area contributed by atoms with Gasteiger partial charge in [0, 0.05) is 13.2 Å². The van der Waals surface area contributed by atoms with Gasteiger partial charge in [-0.3, -0.25) is 19.3 Å². The molecule has 1 N–H and O–H groups in total. The van der Waals surface area contributed by atoms with Crippen LogP contribution < -0.4 is 14.8 Å². The predicted molar refractivity (Wildman–Crippen MR) is 132 cm³/mol. The molecule has 1 aliphatic heterocycles. The maximum atomic E-state index is 13.8. The van der Waals surface area contributed by atoms with E-state index in [4.69, 9.17) is 9.47 Å². The van der Waals surface area contributed by atoms with Gasteiger partial charge in [-0.15, -0.1) is 0 Å². The normalized spacial score (nSPS) is 15.5. The molecule has 1 aliphatic rings. The highest BCUT2D eigenvalue weighted by Gasteiger charge is 2.59. The zero-order valence-corrected chi connectivity index (χ0v) is 21.7. The second-order valence-electron chi connectivity index (χ2n) is 9.01. The van der Waals surface area contributed by atoms with E-state index in [1.54, 1.807) is 38.1 Å². The SMILES string of the molecule is CCOc1cc(C(C)(N2C(=O)c3cccc(NC(C)=O)c3C2=O)C(C)(C)S(C)(=O)=O)ccc1OC. The highest BCUT2D eigenvalue weighted by atomic mass is 32.2. The number of nitrogens with one attached hydrogen (secondary N) is 1. The van der Waals surface area contributed by atoms with Crippen molar-refractivity contribution in [2.45, 2.75) is 44.9 Å². The first-order chi connectivity index (χ1) is 16.2. The van der Waals surface area contributed by atoms with Crippen LogP contribution in [0.15, 0.2) is 36.4 Å². The zero-order valence-electron chi connectivity index (χ0n) is 20.9. The van der Waals surface area contributed by atoms with Crippen molar-refractivity contribution in [2.24, 2.45) is 0 Å². The quantitative estimate of drug-likeness (QED) is 0.550. The summed E-state index contributed by atoms with van der Waals surface area (Å²) < 4.78 is 35.6. The molecule has 0 radical (unpaired) electrons. The lowest BCUT2D eigenvalue weighted by molar-refractivity contribution is -0.114. The number of hydrogen-bond donors (Lipinski definition) is 1. The molecule has 0 bridgehead atoms. The lowest BCUT2D eigenvalue weighted by atomic mass is 9.78. The van der Waals surface area contributed by atoms with E-state index in [0.29, 0.717) is 23.7 Å². The van der Waals surface area contributed by atoms with Gasteiger partial charge >= 0.3 is 0 Å². The minimum atomic E-state index is -3.84. The molecule has 1 unspecified atom stereocenters. The molecular weight excluding hydrogens is 472 g/mol. The smallest absolute Gasteiger partial charge is 0.264 e. The molecular formula is C25H30N2O7S. The zero-order chi connectivity index (χ0) is 26.3. The number of fused-ring (bicyclic) bond motifs is 1. The Labute approximate surface area is 205 Å². The monoisotopic (exact) mass is 502 g/mol. The Morgan fingerprint density at radius 2 is 1.71 bits per heavy atom. The average Bonchev–Trinajstić information content (AvgIpc) is 3.03. The predicted octanol–water partition coefficient (Wildman–Crippen LogP) is 3.39. The number of benzene rings is 2. The van der Waals surface area contributed by atoms with Gasteiger partial charge in [0.05, 0.1) is 40.8 Å². The summed E-state index contributed by atoms with van der Waals surface area (Å²) in [6.07, 6.45) is 1.07. The Bertz CT molecular complexity index is 1320. The maximum Gasteiger partial charge on any atom is 0.264 e. The Morgan fingerprint density at radius 1 is 1.06 bits per heavy atom. The van der Waals surface area contributed by atoms with Gasteiger partial charge in [0.15, 0.2) is 21.3 Å². The number of rotatable bonds is 8. The fourth-order valence-electron chi connectivity index (χ4n) is 4.34. The molecule has 3 rings (SSSR count). The summed E-state index contributed by atoms with van der Waals surface area (Å²) in [5.74, 6) is -1.01. The summed E-state index contributed by atoms with van der Waals surface area (Å²) in [5.41, 5.74) is -1.02. The standard InChI is InChI=1S/C25H30N2O7S/c1-8-34-20-14-16(12-13-19(20)33-6)25(5,24(3,4)35(7,31)32)27-22(29)17-10-9-11-18(26-15(2)28)21(17)23(27)30/h9-14H,8H2,1-7H3,(H,26,28). The number of anilines is 1. The van der Waals surface area contributed by atoms with E-state index >= 15 is 0 Å². The summed E-state index contributed by atoms with van der Waals surface area (Å²) in [5, 5.41) is 2.58. The van der Waals surface area contributed by atoms with Crippen LogP contribution in [-0.4, -0.2) is 55.8 Å². The maximum absolute atomic E-state index is 13.8. The first kappa shape index (κ1) is 26.2. The van der Waals surface area contributed by atoms with Crippen LogP contribution in [0.1, 0.15) is 60.9 Å². The van der Waals surface area contributed by atoms with Crippen LogP contribution in [0.4, 0.5) is 5.69 Å². The summed E-state index contributed by atoms with van der Waals surface area (Å²) in [7, 11) is -2.36. The van der Waals surface area contributed by atoms with Crippen LogP contribution in [0.25, 0.3) is 0 Å². The molecule has 0 fully saturated rings. The van der Waals surface area contributed by atoms with Crippen molar-refractivity contribution in [3.05, 3.63) is 53.1 Å². The van der Waals surface area contributed by atoms with Crippen molar-refractivity contribution in [2.75, 3.05) is 25.3 Å². The Hall–Kier alpha value is -3.40. The van der Waals surface area contributed by atoms with Crippen molar-refractivity contribution >= 4 is 33.2 Å². The van der Waals surface area contributed by atoms with Crippen LogP contribution >= 0.6 is 0 Å². The van der Waals surface area contributed by atoms with E-state index in [2.05, 4.69) is 5.32 Å². The van der Waals surface area contributed by atoms with Gasteiger partial charge in [-0.2, -0.15) is 0 Å². The third-order valence-electron chi connectivity index (χ3n) is 6.80. The Kier molecular flexibility index (Phi) is 6.73. The molecule has 0 spiro atoms. The highest BCUT2D eigenvalue weighted by molar-refractivity contribution is 7.92. The van der Waals surface area contributed by atoms with Gasteiger partial charge in [0.1, 0.15) is 0 Å². The van der Waals surface area contributed by atoms with Crippen molar-refractivity contribution < 1.29 is 32.3 Å². The van der Waals surface area contributed by atoms with E-state index in [1.807, 2.05) is 0 Å². The Morgan fingerprint density at radius 3 is 2.26 bits per heavy atom. The molecule has 0 aromatic heterocycles. The number of sulfone groups is 1. The van der Waals surface area contributed by atoms with Crippen LogP contribution in [0.5, 0.6) is 11.5 Å². The van der Waals surface area contributed by atoms with E-state index in [0.717, 1.165) is 11.2 Å². The first-order valence-electron chi connectivity index (χ1n) is 11.0. The molecule has 9 nitrogen and oxygen atoms in total. The van der Waals surface area contributed by atoms with Crippen LogP contribution in [0, 0.1) is 0 Å². The van der Waals surface area contributed by atoms with Gasteiger partial charge in [-0.25, -0.2) is 8.42 Å². The summed E-state index contributed by atoms with van der Waals surface area (Å²) >= 11 is 0. The molecule has 35 heavy (non-hydrogen) atoms. The fraction of sp³-hybridized carbons (Fsp3) is 0.400. The van der Waals surface area contributed by atoms with Crippen molar-refractivity contribution in [1.82, 2.24) is 4.90 Å². The van der Waals surface area contributed by atoms with E-state index in [9.17, 15) is 22.8 Å². The van der Waals surface area contributed by atoms with Gasteiger partial charge in [-0.1, -0.05) is 12.1 Å². The minimum Gasteiger partial charge on any atom is -0.493 e. The second-order valence-corrected chi connectivity index (χ2v) is 11.6. The molecule has 1 heterocycles. The summed E-state index contributed by atoms with van der Waals surface area (Å²) in [4.78, 5) is 40.3. The fourth-order valence-corrected chi connectivity index (χ4v) is 5.27. The topological polar surface area (TPSA) is 119 Å². The van der Waals surface area contributed by atoms with Crippen LogP contribution in [0.3, 0.4) is 0 Å². The summed E-state index contributed by atoms with van der Waals surface area (Å²) in [6.45, 7) is 7.90. The largest absolute Gasteiger partial charge is 0.493 e. The molecule has 188 valence electrons.